The van der Waals surface area contributed by atoms with Crippen molar-refractivity contribution in [3.05, 3.63) is 5.01 Å². The van der Waals surface area contributed by atoms with Crippen molar-refractivity contribution in [3.63, 3.8) is 0 Å². The number of aliphatic hydroxyl groups excluding tert-OH is 1. The smallest absolute Gasteiger partial charge is 0.233 e. The SMILES string of the molecule is O=C(Nc1nnc(C2CCCO2)s1)[C@]12C[C@@H]3C[C@@H]1C2[C@H]3O. The van der Waals surface area contributed by atoms with Gasteiger partial charge in [0.1, 0.15) is 11.1 Å². The molecule has 5 fully saturated rings. The van der Waals surface area contributed by atoms with Crippen molar-refractivity contribution in [1.29, 1.82) is 0 Å². The van der Waals surface area contributed by atoms with Crippen LogP contribution in [0.2, 0.25) is 0 Å². The van der Waals surface area contributed by atoms with Crippen molar-refractivity contribution in [2.45, 2.75) is 37.9 Å². The van der Waals surface area contributed by atoms with Gasteiger partial charge in [-0.05, 0) is 37.5 Å². The summed E-state index contributed by atoms with van der Waals surface area (Å²) in [7, 11) is 0. The summed E-state index contributed by atoms with van der Waals surface area (Å²) in [5, 5.41) is 22.6. The predicted octanol–water partition coefficient (Wildman–Crippen LogP) is 1.34. The molecule has 4 saturated carbocycles. The number of ether oxygens (including phenoxy) is 1. The van der Waals surface area contributed by atoms with Crippen molar-refractivity contribution in [1.82, 2.24) is 10.2 Å². The number of hydrogen-bond acceptors (Lipinski definition) is 6. The molecular weight excluding hydrogens is 290 g/mol. The van der Waals surface area contributed by atoms with Crippen LogP contribution < -0.4 is 5.32 Å². The summed E-state index contributed by atoms with van der Waals surface area (Å²) in [6.45, 7) is 0.775. The standard InChI is InChI=1S/C14H17N3O3S/c18-10-6-4-7-9(10)14(7,5-6)12(19)15-13-17-16-11(21-13)8-2-1-3-20-8/h6-10,18H,1-5H2,(H,15,17,19)/t6-,7+,8?,9?,10-,14+/m0/s1. The second kappa shape index (κ2) is 4.02. The van der Waals surface area contributed by atoms with Crippen molar-refractivity contribution >= 4 is 22.4 Å². The molecule has 1 amide bonds. The lowest BCUT2D eigenvalue weighted by Gasteiger charge is -2.09. The summed E-state index contributed by atoms with van der Waals surface area (Å²) in [6.07, 6.45) is 3.66. The maximum Gasteiger partial charge on any atom is 0.233 e. The van der Waals surface area contributed by atoms with E-state index in [2.05, 4.69) is 15.5 Å². The Morgan fingerprint density at radius 1 is 1.48 bits per heavy atom. The van der Waals surface area contributed by atoms with E-state index >= 15 is 0 Å². The van der Waals surface area contributed by atoms with Crippen LogP contribution in [-0.4, -0.2) is 33.9 Å². The summed E-state index contributed by atoms with van der Waals surface area (Å²) < 4.78 is 5.59. The highest BCUT2D eigenvalue weighted by atomic mass is 32.1. The van der Waals surface area contributed by atoms with Gasteiger partial charge in [-0.15, -0.1) is 10.2 Å². The van der Waals surface area contributed by atoms with E-state index < -0.39 is 0 Å². The number of carbonyl (C=O) groups excluding carboxylic acids is 1. The van der Waals surface area contributed by atoms with Gasteiger partial charge in [-0.1, -0.05) is 11.3 Å². The number of aliphatic hydroxyl groups is 1. The molecule has 6 rings (SSSR count). The van der Waals surface area contributed by atoms with Gasteiger partial charge in [-0.3, -0.25) is 4.79 Å². The van der Waals surface area contributed by atoms with Gasteiger partial charge in [0.05, 0.1) is 11.5 Å². The zero-order valence-corrected chi connectivity index (χ0v) is 12.3. The molecule has 2 heterocycles. The molecule has 2 N–H and O–H groups in total. The summed E-state index contributed by atoms with van der Waals surface area (Å²) >= 11 is 1.41. The van der Waals surface area contributed by atoms with Gasteiger partial charge < -0.3 is 15.2 Å². The Labute approximate surface area is 125 Å². The lowest BCUT2D eigenvalue weighted by molar-refractivity contribution is -0.121. The van der Waals surface area contributed by atoms with E-state index in [9.17, 15) is 9.90 Å². The molecule has 4 bridgehead atoms. The number of anilines is 1. The molecule has 6 nitrogen and oxygen atoms in total. The van der Waals surface area contributed by atoms with Crippen molar-refractivity contribution in [2.75, 3.05) is 11.9 Å². The van der Waals surface area contributed by atoms with E-state index in [0.29, 0.717) is 17.0 Å². The van der Waals surface area contributed by atoms with Crippen molar-refractivity contribution in [3.8, 4) is 0 Å². The minimum Gasteiger partial charge on any atom is -0.393 e. The van der Waals surface area contributed by atoms with Crippen molar-refractivity contribution in [2.24, 2.45) is 23.2 Å². The first-order valence-electron chi connectivity index (χ1n) is 7.64. The number of nitrogens with zero attached hydrogens (tertiary/aromatic N) is 2. The number of hydrogen-bond donors (Lipinski definition) is 2. The third-order valence-corrected chi connectivity index (χ3v) is 6.81. The molecule has 7 heteroatoms. The molecule has 2 unspecified atom stereocenters. The highest BCUT2D eigenvalue weighted by Crippen LogP contribution is 2.79. The van der Waals surface area contributed by atoms with Crippen LogP contribution in [0.5, 0.6) is 0 Å². The first kappa shape index (κ1) is 12.5. The highest BCUT2D eigenvalue weighted by Gasteiger charge is 2.82. The van der Waals surface area contributed by atoms with Crippen LogP contribution in [0.4, 0.5) is 5.13 Å². The third kappa shape index (κ3) is 1.51. The van der Waals surface area contributed by atoms with Crippen LogP contribution in [0.15, 0.2) is 0 Å². The zero-order chi connectivity index (χ0) is 14.2. The van der Waals surface area contributed by atoms with E-state index in [1.165, 1.54) is 11.3 Å². The van der Waals surface area contributed by atoms with Crippen LogP contribution in [0.3, 0.4) is 0 Å². The van der Waals surface area contributed by atoms with Gasteiger partial charge in [0.25, 0.3) is 0 Å². The fourth-order valence-corrected chi connectivity index (χ4v) is 5.77. The van der Waals surface area contributed by atoms with Crippen LogP contribution in [-0.2, 0) is 9.53 Å². The first-order valence-corrected chi connectivity index (χ1v) is 8.46. The monoisotopic (exact) mass is 307 g/mol. The van der Waals surface area contributed by atoms with Gasteiger partial charge in [0, 0.05) is 12.5 Å². The molecule has 0 aromatic carbocycles. The average Bonchev–Trinajstić information content (AvgIpc) is 3.09. The Morgan fingerprint density at radius 3 is 3.00 bits per heavy atom. The second-order valence-corrected chi connectivity index (χ2v) is 7.77. The van der Waals surface area contributed by atoms with Crippen molar-refractivity contribution < 1.29 is 14.6 Å². The topological polar surface area (TPSA) is 84.3 Å². The quantitative estimate of drug-likeness (QED) is 0.880. The molecule has 1 aromatic rings. The Kier molecular flexibility index (Phi) is 2.39. The molecule has 0 radical (unpaired) electrons. The minimum absolute atomic E-state index is 0.0339. The second-order valence-electron chi connectivity index (χ2n) is 6.76. The lowest BCUT2D eigenvalue weighted by Crippen LogP contribution is -2.24. The Balaban J connectivity index is 1.31. The van der Waals surface area contributed by atoms with Crippen LogP contribution in [0, 0.1) is 23.2 Å². The maximum atomic E-state index is 12.6. The van der Waals surface area contributed by atoms with E-state index in [0.717, 1.165) is 37.3 Å². The fraction of sp³-hybridized carbons (Fsp3) is 0.786. The normalized spacial score (nSPS) is 46.0. The summed E-state index contributed by atoms with van der Waals surface area (Å²) in [4.78, 5) is 12.6. The van der Waals surface area contributed by atoms with E-state index in [-0.39, 0.29) is 29.4 Å². The molecule has 112 valence electrons. The number of aromatic nitrogens is 2. The molecule has 1 saturated heterocycles. The summed E-state index contributed by atoms with van der Waals surface area (Å²) in [5.41, 5.74) is -0.306. The fourth-order valence-electron chi connectivity index (χ4n) is 4.95. The Morgan fingerprint density at radius 2 is 2.38 bits per heavy atom. The Bertz CT molecular complexity index is 614. The third-order valence-electron chi connectivity index (χ3n) is 5.88. The predicted molar refractivity (Wildman–Crippen MR) is 74.6 cm³/mol. The zero-order valence-electron chi connectivity index (χ0n) is 11.5. The molecule has 1 aliphatic heterocycles. The summed E-state index contributed by atoms with van der Waals surface area (Å²) in [6, 6.07) is 0. The lowest BCUT2D eigenvalue weighted by atomic mass is 10.0. The average molecular weight is 307 g/mol. The van der Waals surface area contributed by atoms with Crippen LogP contribution >= 0.6 is 11.3 Å². The number of rotatable bonds is 3. The maximum absolute atomic E-state index is 12.6. The largest absolute Gasteiger partial charge is 0.393 e. The molecule has 21 heavy (non-hydrogen) atoms. The molecule has 5 aliphatic rings. The van der Waals surface area contributed by atoms with E-state index in [4.69, 9.17) is 4.74 Å². The van der Waals surface area contributed by atoms with Crippen LogP contribution in [0.25, 0.3) is 0 Å². The molecule has 4 aliphatic carbocycles. The van der Waals surface area contributed by atoms with Gasteiger partial charge in [0.15, 0.2) is 0 Å². The van der Waals surface area contributed by atoms with Gasteiger partial charge in [-0.25, -0.2) is 0 Å². The summed E-state index contributed by atoms with van der Waals surface area (Å²) in [5.74, 6) is 0.949. The number of carbonyl (C=O) groups is 1. The number of nitrogens with one attached hydrogen (secondary N) is 1. The molecule has 6 atom stereocenters. The van der Waals surface area contributed by atoms with E-state index in [1.54, 1.807) is 0 Å². The number of amides is 1. The van der Waals surface area contributed by atoms with E-state index in [1.807, 2.05) is 0 Å². The Hall–Kier alpha value is -1.05. The minimum atomic E-state index is -0.306. The molecule has 0 spiro atoms. The first-order chi connectivity index (χ1) is 10.2. The van der Waals surface area contributed by atoms with Crippen LogP contribution in [0.1, 0.15) is 36.8 Å². The van der Waals surface area contributed by atoms with Gasteiger partial charge in [0.2, 0.25) is 11.0 Å². The van der Waals surface area contributed by atoms with Gasteiger partial charge in [-0.2, -0.15) is 0 Å². The highest BCUT2D eigenvalue weighted by molar-refractivity contribution is 7.15. The molecular formula is C14H17N3O3S. The van der Waals surface area contributed by atoms with Gasteiger partial charge >= 0.3 is 0 Å². The molecule has 1 aromatic heterocycles.